The molecule has 0 unspecified atom stereocenters. The maximum absolute atomic E-state index is 11.5. The molecule has 0 bridgehead atoms. The molecule has 108 valence electrons. The van der Waals surface area contributed by atoms with Gasteiger partial charge in [-0.2, -0.15) is 10.2 Å². The first-order chi connectivity index (χ1) is 9.74. The number of rotatable bonds is 2. The standard InChI is InChI=1S/C12H10ClN5O2S/c1-21(19,20)6-2-3-7(9(13)4-6)10-8(5-14)11(15)18-12(16)17-10/h2-4H,1H3,(H4,15,16,17,18). The van der Waals surface area contributed by atoms with Crippen LogP contribution in [0, 0.1) is 11.3 Å². The molecule has 2 aromatic rings. The fourth-order valence-corrected chi connectivity index (χ4v) is 2.70. The van der Waals surface area contributed by atoms with Crippen LogP contribution in [0.2, 0.25) is 5.02 Å². The number of nitriles is 1. The second-order valence-corrected chi connectivity index (χ2v) is 6.64. The van der Waals surface area contributed by atoms with E-state index in [1.807, 2.05) is 6.07 Å². The quantitative estimate of drug-likeness (QED) is 0.848. The van der Waals surface area contributed by atoms with E-state index in [-0.39, 0.29) is 32.9 Å². The van der Waals surface area contributed by atoms with E-state index in [4.69, 9.17) is 28.3 Å². The van der Waals surface area contributed by atoms with Crippen LogP contribution in [0.1, 0.15) is 5.56 Å². The van der Waals surface area contributed by atoms with Gasteiger partial charge < -0.3 is 11.5 Å². The lowest BCUT2D eigenvalue weighted by Crippen LogP contribution is -2.05. The van der Waals surface area contributed by atoms with Crippen molar-refractivity contribution in [3.63, 3.8) is 0 Å². The fourth-order valence-electron chi connectivity index (χ4n) is 1.72. The normalized spacial score (nSPS) is 11.1. The lowest BCUT2D eigenvalue weighted by Gasteiger charge is -2.09. The molecule has 0 saturated carbocycles. The Kier molecular flexibility index (Phi) is 3.72. The molecule has 0 radical (unpaired) electrons. The first-order valence-corrected chi connectivity index (χ1v) is 7.84. The smallest absolute Gasteiger partial charge is 0.222 e. The molecule has 1 heterocycles. The van der Waals surface area contributed by atoms with Crippen molar-refractivity contribution in [2.45, 2.75) is 4.90 Å². The molecule has 0 aliphatic rings. The molecule has 0 fully saturated rings. The number of nitrogens with zero attached hydrogens (tertiary/aromatic N) is 3. The van der Waals surface area contributed by atoms with Gasteiger partial charge in [-0.3, -0.25) is 0 Å². The van der Waals surface area contributed by atoms with Crippen LogP contribution >= 0.6 is 11.6 Å². The van der Waals surface area contributed by atoms with E-state index in [9.17, 15) is 8.42 Å². The van der Waals surface area contributed by atoms with Gasteiger partial charge in [0, 0.05) is 11.8 Å². The zero-order chi connectivity index (χ0) is 15.8. The van der Waals surface area contributed by atoms with Gasteiger partial charge in [0.05, 0.1) is 15.6 Å². The van der Waals surface area contributed by atoms with E-state index in [1.165, 1.54) is 18.2 Å². The van der Waals surface area contributed by atoms with Gasteiger partial charge in [-0.05, 0) is 18.2 Å². The molecule has 21 heavy (non-hydrogen) atoms. The molecule has 1 aromatic carbocycles. The van der Waals surface area contributed by atoms with Crippen molar-refractivity contribution in [3.8, 4) is 17.3 Å². The third-order valence-electron chi connectivity index (χ3n) is 2.69. The summed E-state index contributed by atoms with van der Waals surface area (Å²) in [4.78, 5) is 7.72. The highest BCUT2D eigenvalue weighted by Gasteiger charge is 2.17. The number of hydrogen-bond acceptors (Lipinski definition) is 7. The van der Waals surface area contributed by atoms with Crippen molar-refractivity contribution in [1.82, 2.24) is 9.97 Å². The number of aromatic nitrogens is 2. The Morgan fingerprint density at radius 3 is 2.48 bits per heavy atom. The van der Waals surface area contributed by atoms with Gasteiger partial charge >= 0.3 is 0 Å². The van der Waals surface area contributed by atoms with E-state index in [0.29, 0.717) is 5.56 Å². The predicted octanol–water partition coefficient (Wildman–Crippen LogP) is 1.24. The fraction of sp³-hybridized carbons (Fsp3) is 0.0833. The lowest BCUT2D eigenvalue weighted by molar-refractivity contribution is 0.602. The first kappa shape index (κ1) is 15.0. The first-order valence-electron chi connectivity index (χ1n) is 5.57. The summed E-state index contributed by atoms with van der Waals surface area (Å²) in [5.41, 5.74) is 11.7. The molecular formula is C12H10ClN5O2S. The van der Waals surface area contributed by atoms with Crippen LogP contribution in [0.25, 0.3) is 11.3 Å². The van der Waals surface area contributed by atoms with Crippen molar-refractivity contribution in [2.75, 3.05) is 17.7 Å². The summed E-state index contributed by atoms with van der Waals surface area (Å²) in [6.45, 7) is 0. The minimum Gasteiger partial charge on any atom is -0.382 e. The minimum atomic E-state index is -3.39. The highest BCUT2D eigenvalue weighted by atomic mass is 35.5. The van der Waals surface area contributed by atoms with Crippen LogP contribution in [0.15, 0.2) is 23.1 Å². The van der Waals surface area contributed by atoms with E-state index >= 15 is 0 Å². The second-order valence-electron chi connectivity index (χ2n) is 4.22. The minimum absolute atomic E-state index is 0.0261. The van der Waals surface area contributed by atoms with Gasteiger partial charge in [0.15, 0.2) is 9.84 Å². The maximum Gasteiger partial charge on any atom is 0.222 e. The molecule has 0 spiro atoms. The highest BCUT2D eigenvalue weighted by molar-refractivity contribution is 7.90. The summed E-state index contributed by atoms with van der Waals surface area (Å²) < 4.78 is 23.0. The Labute approximate surface area is 126 Å². The molecule has 0 amide bonds. The molecule has 9 heteroatoms. The van der Waals surface area contributed by atoms with E-state index in [2.05, 4.69) is 9.97 Å². The largest absolute Gasteiger partial charge is 0.382 e. The Balaban J connectivity index is 2.72. The topological polar surface area (TPSA) is 136 Å². The third-order valence-corrected chi connectivity index (χ3v) is 4.11. The monoisotopic (exact) mass is 323 g/mol. The highest BCUT2D eigenvalue weighted by Crippen LogP contribution is 2.32. The molecule has 0 aliphatic carbocycles. The van der Waals surface area contributed by atoms with Crippen molar-refractivity contribution < 1.29 is 8.42 Å². The van der Waals surface area contributed by atoms with Crippen molar-refractivity contribution in [2.24, 2.45) is 0 Å². The summed E-state index contributed by atoms with van der Waals surface area (Å²) in [5.74, 6) is -0.173. The number of hydrogen-bond donors (Lipinski definition) is 2. The molecule has 0 atom stereocenters. The molecule has 1 aromatic heterocycles. The Hall–Kier alpha value is -2.37. The number of sulfone groups is 1. The molecule has 4 N–H and O–H groups in total. The van der Waals surface area contributed by atoms with E-state index in [1.54, 1.807) is 0 Å². The summed E-state index contributed by atoms with van der Waals surface area (Å²) in [6, 6.07) is 5.97. The third kappa shape index (κ3) is 2.89. The van der Waals surface area contributed by atoms with Crippen LogP contribution in [0.4, 0.5) is 11.8 Å². The summed E-state index contributed by atoms with van der Waals surface area (Å²) in [5, 5.41) is 9.25. The van der Waals surface area contributed by atoms with Crippen molar-refractivity contribution in [3.05, 3.63) is 28.8 Å². The number of nitrogen functional groups attached to an aromatic ring is 2. The average molecular weight is 324 g/mol. The van der Waals surface area contributed by atoms with Gasteiger partial charge in [0.25, 0.3) is 0 Å². The van der Waals surface area contributed by atoms with Gasteiger partial charge in [-0.1, -0.05) is 11.6 Å². The number of anilines is 2. The van der Waals surface area contributed by atoms with Gasteiger partial charge in [-0.15, -0.1) is 0 Å². The van der Waals surface area contributed by atoms with Crippen LogP contribution in [0.3, 0.4) is 0 Å². The van der Waals surface area contributed by atoms with E-state index in [0.717, 1.165) is 6.26 Å². The van der Waals surface area contributed by atoms with Crippen LogP contribution in [-0.2, 0) is 9.84 Å². The van der Waals surface area contributed by atoms with E-state index < -0.39 is 9.84 Å². The van der Waals surface area contributed by atoms with Crippen LogP contribution < -0.4 is 11.5 Å². The summed E-state index contributed by atoms with van der Waals surface area (Å²) in [7, 11) is -3.39. The Morgan fingerprint density at radius 2 is 1.95 bits per heavy atom. The molecule has 2 rings (SSSR count). The van der Waals surface area contributed by atoms with Crippen molar-refractivity contribution >= 4 is 33.2 Å². The Bertz CT molecular complexity index is 874. The van der Waals surface area contributed by atoms with Gasteiger partial charge in [-0.25, -0.2) is 13.4 Å². The maximum atomic E-state index is 11.5. The van der Waals surface area contributed by atoms with Gasteiger partial charge in [0.1, 0.15) is 17.5 Å². The second kappa shape index (κ2) is 5.20. The van der Waals surface area contributed by atoms with Gasteiger partial charge in [0.2, 0.25) is 5.95 Å². The predicted molar refractivity (Wildman–Crippen MR) is 79.1 cm³/mol. The number of nitrogens with two attached hydrogens (primary N) is 2. The SMILES string of the molecule is CS(=O)(=O)c1ccc(-c2nc(N)nc(N)c2C#N)c(Cl)c1. The van der Waals surface area contributed by atoms with Crippen LogP contribution in [0.5, 0.6) is 0 Å². The molecule has 0 saturated heterocycles. The average Bonchev–Trinajstić information content (AvgIpc) is 2.36. The Morgan fingerprint density at radius 1 is 1.29 bits per heavy atom. The zero-order valence-electron chi connectivity index (χ0n) is 10.8. The number of halogens is 1. The summed E-state index contributed by atoms with van der Waals surface area (Å²) in [6.07, 6.45) is 1.07. The molecular weight excluding hydrogens is 314 g/mol. The van der Waals surface area contributed by atoms with Crippen molar-refractivity contribution in [1.29, 1.82) is 5.26 Å². The van der Waals surface area contributed by atoms with Crippen LogP contribution in [-0.4, -0.2) is 24.6 Å². The molecule has 0 aliphatic heterocycles. The zero-order valence-corrected chi connectivity index (χ0v) is 12.4. The molecule has 7 nitrogen and oxygen atoms in total. The lowest BCUT2D eigenvalue weighted by atomic mass is 10.1. The summed E-state index contributed by atoms with van der Waals surface area (Å²) >= 11 is 6.09. The number of benzene rings is 1.